The van der Waals surface area contributed by atoms with Crippen LogP contribution in [0.4, 0.5) is 5.69 Å². The van der Waals surface area contributed by atoms with E-state index in [-0.39, 0.29) is 58.3 Å². The molecule has 232 valence electrons. The number of hydrogen-bond acceptors (Lipinski definition) is 9. The number of aromatic carboxylic acids is 1. The Bertz CT molecular complexity index is 1550. The van der Waals surface area contributed by atoms with Gasteiger partial charge in [0, 0.05) is 43.9 Å². The van der Waals surface area contributed by atoms with Crippen LogP contribution in [0.25, 0.3) is 5.69 Å². The maximum atomic E-state index is 13.6. The largest absolute Gasteiger partial charge is 0.497 e. The first kappa shape index (κ1) is 31.9. The van der Waals surface area contributed by atoms with Crippen molar-refractivity contribution in [3.8, 4) is 23.1 Å². The van der Waals surface area contributed by atoms with Gasteiger partial charge in [-0.2, -0.15) is 9.78 Å². The van der Waals surface area contributed by atoms with Crippen LogP contribution < -0.4 is 19.5 Å². The van der Waals surface area contributed by atoms with E-state index in [1.54, 1.807) is 24.3 Å². The quantitative estimate of drug-likeness (QED) is 0.260. The maximum absolute atomic E-state index is 13.6. The number of aromatic nitrogens is 2. The second-order valence-corrected chi connectivity index (χ2v) is 12.2. The van der Waals surface area contributed by atoms with Gasteiger partial charge in [0.1, 0.15) is 16.4 Å². The molecular formula is C29H37N5O8S. The van der Waals surface area contributed by atoms with Crippen LogP contribution in [0.3, 0.4) is 0 Å². The fraction of sp³-hybridized carbons (Fsp3) is 0.414. The van der Waals surface area contributed by atoms with Crippen LogP contribution in [-0.2, 0) is 19.6 Å². The number of anilines is 1. The number of carboxylic acids is 1. The van der Waals surface area contributed by atoms with E-state index in [4.69, 9.17) is 14.2 Å². The Kier molecular flexibility index (Phi) is 10.4. The number of carboxylic acid groups (broad SMARTS) is 1. The average Bonchev–Trinajstić information content (AvgIpc) is 3.29. The van der Waals surface area contributed by atoms with Crippen molar-refractivity contribution in [1.29, 1.82) is 0 Å². The maximum Gasteiger partial charge on any atom is 0.356 e. The molecule has 4 rings (SSSR count). The van der Waals surface area contributed by atoms with Crippen LogP contribution in [0.2, 0.25) is 0 Å². The SMILES string of the molecule is COc1ccc(-n2nc(C(=O)O)c(C)c2Oc2ccc(NC(=O)CC(C)C)cc2S(=O)(=O)NCCN2CCOCC2)cc1. The van der Waals surface area contributed by atoms with Gasteiger partial charge in [-0.15, -0.1) is 0 Å². The Morgan fingerprint density at radius 3 is 2.44 bits per heavy atom. The van der Waals surface area contributed by atoms with Crippen LogP contribution in [0.15, 0.2) is 47.4 Å². The summed E-state index contributed by atoms with van der Waals surface area (Å²) in [7, 11) is -2.62. The fourth-order valence-electron chi connectivity index (χ4n) is 4.51. The first-order valence-corrected chi connectivity index (χ1v) is 15.4. The molecule has 0 unspecified atom stereocenters. The molecule has 43 heavy (non-hydrogen) atoms. The lowest BCUT2D eigenvalue weighted by Gasteiger charge is -2.26. The number of sulfonamides is 1. The molecule has 1 aliphatic heterocycles. The van der Waals surface area contributed by atoms with Crippen LogP contribution in [-0.4, -0.2) is 86.6 Å². The minimum Gasteiger partial charge on any atom is -0.497 e. The molecule has 14 heteroatoms. The normalized spacial score (nSPS) is 14.1. The number of morpholine rings is 1. The third-order valence-electron chi connectivity index (χ3n) is 6.73. The molecule has 1 amide bonds. The molecule has 13 nitrogen and oxygen atoms in total. The summed E-state index contributed by atoms with van der Waals surface area (Å²) in [6.07, 6.45) is 0.260. The second-order valence-electron chi connectivity index (χ2n) is 10.5. The molecule has 1 fully saturated rings. The zero-order chi connectivity index (χ0) is 31.1. The minimum absolute atomic E-state index is 0.0175. The molecule has 3 aromatic rings. The number of amides is 1. The Hall–Kier alpha value is -3.98. The number of carbonyl (C=O) groups excluding carboxylic acids is 1. The van der Waals surface area contributed by atoms with Gasteiger partial charge in [0.05, 0.1) is 26.0 Å². The highest BCUT2D eigenvalue weighted by atomic mass is 32.2. The summed E-state index contributed by atoms with van der Waals surface area (Å²) in [5.74, 6) is -0.890. The predicted octanol–water partition coefficient (Wildman–Crippen LogP) is 3.27. The molecule has 1 saturated heterocycles. The van der Waals surface area contributed by atoms with Crippen molar-refractivity contribution in [3.05, 3.63) is 53.7 Å². The van der Waals surface area contributed by atoms with Crippen LogP contribution in [0, 0.1) is 12.8 Å². The van der Waals surface area contributed by atoms with Crippen molar-refractivity contribution in [2.24, 2.45) is 5.92 Å². The smallest absolute Gasteiger partial charge is 0.356 e. The molecular weight excluding hydrogens is 578 g/mol. The Labute approximate surface area is 250 Å². The molecule has 2 aromatic carbocycles. The van der Waals surface area contributed by atoms with Gasteiger partial charge in [-0.05, 0) is 55.3 Å². The summed E-state index contributed by atoms with van der Waals surface area (Å²) in [6, 6.07) is 11.0. The lowest BCUT2D eigenvalue weighted by Crippen LogP contribution is -2.41. The highest BCUT2D eigenvalue weighted by Crippen LogP contribution is 2.35. The van der Waals surface area contributed by atoms with Gasteiger partial charge in [-0.1, -0.05) is 13.8 Å². The number of hydrogen-bond donors (Lipinski definition) is 3. The number of carbonyl (C=O) groups is 2. The van der Waals surface area contributed by atoms with E-state index in [9.17, 15) is 23.1 Å². The van der Waals surface area contributed by atoms with Crippen molar-refractivity contribution < 1.29 is 37.3 Å². The van der Waals surface area contributed by atoms with E-state index in [0.717, 1.165) is 0 Å². The molecule has 0 spiro atoms. The van der Waals surface area contributed by atoms with Gasteiger partial charge in [0.25, 0.3) is 0 Å². The summed E-state index contributed by atoms with van der Waals surface area (Å²) in [4.78, 5) is 26.3. The molecule has 3 N–H and O–H groups in total. The van der Waals surface area contributed by atoms with E-state index in [1.807, 2.05) is 13.8 Å². The molecule has 1 aromatic heterocycles. The number of methoxy groups -OCH3 is 1. The third-order valence-corrected chi connectivity index (χ3v) is 8.21. The van der Waals surface area contributed by atoms with Gasteiger partial charge < -0.3 is 24.6 Å². The van der Waals surface area contributed by atoms with Crippen molar-refractivity contribution >= 4 is 27.6 Å². The van der Waals surface area contributed by atoms with Crippen LogP contribution >= 0.6 is 0 Å². The van der Waals surface area contributed by atoms with Crippen molar-refractivity contribution in [2.75, 3.05) is 51.8 Å². The molecule has 0 radical (unpaired) electrons. The molecule has 0 bridgehead atoms. The fourth-order valence-corrected chi connectivity index (χ4v) is 5.68. The number of benzene rings is 2. The topological polar surface area (TPSA) is 161 Å². The van der Waals surface area contributed by atoms with Crippen molar-refractivity contribution in [2.45, 2.75) is 32.1 Å². The van der Waals surface area contributed by atoms with Gasteiger partial charge >= 0.3 is 5.97 Å². The summed E-state index contributed by atoms with van der Waals surface area (Å²) in [5, 5.41) is 16.7. The summed E-state index contributed by atoms with van der Waals surface area (Å²) < 4.78 is 47.9. The third kappa shape index (κ3) is 8.10. The highest BCUT2D eigenvalue weighted by Gasteiger charge is 2.27. The molecule has 2 heterocycles. The van der Waals surface area contributed by atoms with Crippen molar-refractivity contribution in [3.63, 3.8) is 0 Å². The predicted molar refractivity (Wildman–Crippen MR) is 159 cm³/mol. The molecule has 1 aliphatic rings. The number of rotatable bonds is 13. The van der Waals surface area contributed by atoms with Crippen LogP contribution in [0.5, 0.6) is 17.4 Å². The van der Waals surface area contributed by atoms with Gasteiger partial charge in [-0.3, -0.25) is 9.69 Å². The first-order valence-electron chi connectivity index (χ1n) is 13.9. The number of ether oxygens (including phenoxy) is 3. The standard InChI is InChI=1S/C29H37N5O8S/c1-19(2)17-26(35)31-21-5-10-24(25(18-21)43(38,39)30-11-12-33-13-15-41-16-14-33)42-28-20(3)27(29(36)37)32-34(28)22-6-8-23(40-4)9-7-22/h5-10,18-19,30H,11-17H2,1-4H3,(H,31,35)(H,36,37). The lowest BCUT2D eigenvalue weighted by molar-refractivity contribution is -0.116. The number of nitrogens with zero attached hydrogens (tertiary/aromatic N) is 3. The van der Waals surface area contributed by atoms with E-state index in [2.05, 4.69) is 20.0 Å². The first-order chi connectivity index (χ1) is 20.5. The van der Waals surface area contributed by atoms with E-state index in [1.165, 1.54) is 36.9 Å². The number of nitrogens with one attached hydrogen (secondary N) is 2. The average molecular weight is 616 g/mol. The summed E-state index contributed by atoms with van der Waals surface area (Å²) >= 11 is 0. The lowest BCUT2D eigenvalue weighted by atomic mass is 10.1. The monoisotopic (exact) mass is 615 g/mol. The zero-order valence-electron chi connectivity index (χ0n) is 24.6. The van der Waals surface area contributed by atoms with Crippen LogP contribution in [0.1, 0.15) is 36.3 Å². The van der Waals surface area contributed by atoms with E-state index >= 15 is 0 Å². The van der Waals surface area contributed by atoms with E-state index in [0.29, 0.717) is 44.3 Å². The Morgan fingerprint density at radius 1 is 1.12 bits per heavy atom. The Balaban J connectivity index is 1.71. The van der Waals surface area contributed by atoms with E-state index < -0.39 is 16.0 Å². The molecule has 0 atom stereocenters. The molecule has 0 saturated carbocycles. The second kappa shape index (κ2) is 14.0. The zero-order valence-corrected chi connectivity index (χ0v) is 25.4. The van der Waals surface area contributed by atoms with Crippen molar-refractivity contribution in [1.82, 2.24) is 19.4 Å². The highest BCUT2D eigenvalue weighted by molar-refractivity contribution is 7.89. The van der Waals surface area contributed by atoms with Gasteiger partial charge in [-0.25, -0.2) is 17.9 Å². The minimum atomic E-state index is -4.15. The molecule has 0 aliphatic carbocycles. The Morgan fingerprint density at radius 2 is 1.81 bits per heavy atom. The van der Waals surface area contributed by atoms with Gasteiger partial charge in [0.2, 0.25) is 21.8 Å². The summed E-state index contributed by atoms with van der Waals surface area (Å²) in [5.41, 5.74) is 0.688. The summed E-state index contributed by atoms with van der Waals surface area (Å²) in [6.45, 7) is 8.54. The van der Waals surface area contributed by atoms with Gasteiger partial charge in [0.15, 0.2) is 5.69 Å².